The molecular weight excluding hydrogens is 370 g/mol. The van der Waals surface area contributed by atoms with Crippen molar-refractivity contribution in [1.82, 2.24) is 15.1 Å². The molecule has 2 fully saturated rings. The molecule has 156 valence electrons. The molecule has 3 atom stereocenters. The molecule has 0 bridgehead atoms. The highest BCUT2D eigenvalue weighted by Crippen LogP contribution is 2.31. The Morgan fingerprint density at radius 2 is 2.17 bits per heavy atom. The highest BCUT2D eigenvalue weighted by atomic mass is 16.5. The first-order valence-electron chi connectivity index (χ1n) is 12.6. The molecule has 0 spiro atoms. The summed E-state index contributed by atoms with van der Waals surface area (Å²) in [6, 6.07) is 2.07. The van der Waals surface area contributed by atoms with E-state index < -0.39 is 36.5 Å². The van der Waals surface area contributed by atoms with Crippen molar-refractivity contribution in [3.05, 3.63) is 29.3 Å². The van der Waals surface area contributed by atoms with Gasteiger partial charge in [-0.05, 0) is 63.0 Å². The Morgan fingerprint density at radius 3 is 2.97 bits per heavy atom. The maximum Gasteiger partial charge on any atom is 0.255 e. The second kappa shape index (κ2) is 8.14. The van der Waals surface area contributed by atoms with Crippen molar-refractivity contribution in [2.24, 2.45) is 0 Å². The molecule has 0 radical (unpaired) electrons. The van der Waals surface area contributed by atoms with Crippen molar-refractivity contribution in [2.45, 2.75) is 70.6 Å². The molecule has 0 saturated carbocycles. The summed E-state index contributed by atoms with van der Waals surface area (Å²) >= 11 is 0. The molecular formula is C22H29N3O4. The number of rotatable bonds is 5. The number of likely N-dealkylation sites (tertiary alicyclic amines) is 1. The minimum atomic E-state index is -3.28. The van der Waals surface area contributed by atoms with Gasteiger partial charge < -0.3 is 9.64 Å². The predicted octanol–water partition coefficient (Wildman–Crippen LogP) is 2.09. The molecule has 3 amide bonds. The number of nitrogens with one attached hydrogen (secondary N) is 1. The summed E-state index contributed by atoms with van der Waals surface area (Å²) in [5.41, 5.74) is 0.624. The molecule has 1 aromatic carbocycles. The van der Waals surface area contributed by atoms with Crippen LogP contribution in [0.1, 0.15) is 68.6 Å². The molecule has 3 heterocycles. The normalized spacial score (nSPS) is 34.8. The lowest BCUT2D eigenvalue weighted by Gasteiger charge is -2.38. The van der Waals surface area contributed by atoms with Crippen molar-refractivity contribution >= 4 is 17.7 Å². The summed E-state index contributed by atoms with van der Waals surface area (Å²) in [5, 5.41) is 1.72. The third kappa shape index (κ3) is 3.88. The number of benzene rings is 1. The Bertz CT molecular complexity index is 1040. The number of fused-ring (bicyclic) bond motifs is 1. The van der Waals surface area contributed by atoms with Crippen LogP contribution in [0.3, 0.4) is 0 Å². The van der Waals surface area contributed by atoms with Crippen molar-refractivity contribution in [3.63, 3.8) is 0 Å². The quantitative estimate of drug-likeness (QED) is 0.761. The van der Waals surface area contributed by atoms with Crippen molar-refractivity contribution in [3.8, 4) is 5.75 Å². The first kappa shape index (κ1) is 14.6. The maximum absolute atomic E-state index is 13.1. The molecule has 4 rings (SSSR count). The van der Waals surface area contributed by atoms with E-state index in [4.69, 9.17) is 11.6 Å². The van der Waals surface area contributed by atoms with E-state index >= 15 is 0 Å². The third-order valence-corrected chi connectivity index (χ3v) is 5.82. The lowest BCUT2D eigenvalue weighted by atomic mass is 9.98. The lowest BCUT2D eigenvalue weighted by molar-refractivity contribution is -0.136. The first-order chi connectivity index (χ1) is 15.9. The molecule has 0 aliphatic carbocycles. The highest BCUT2D eigenvalue weighted by Gasteiger charge is 2.39. The zero-order valence-corrected chi connectivity index (χ0v) is 16.7. The van der Waals surface area contributed by atoms with Crippen LogP contribution in [0.5, 0.6) is 5.75 Å². The minimum Gasteiger partial charge on any atom is -0.489 e. The van der Waals surface area contributed by atoms with E-state index in [9.17, 15) is 14.4 Å². The fourth-order valence-electron chi connectivity index (χ4n) is 4.34. The van der Waals surface area contributed by atoms with Crippen LogP contribution in [0.4, 0.5) is 0 Å². The van der Waals surface area contributed by atoms with E-state index in [1.165, 1.54) is 6.07 Å². The number of carbonyl (C=O) groups is 3. The van der Waals surface area contributed by atoms with Gasteiger partial charge in [0, 0.05) is 30.0 Å². The Hall–Kier alpha value is -2.41. The molecule has 3 aliphatic heterocycles. The van der Waals surface area contributed by atoms with Gasteiger partial charge in [-0.15, -0.1) is 0 Å². The minimum absolute atomic E-state index is 0.106. The number of amides is 3. The van der Waals surface area contributed by atoms with Crippen LogP contribution in [0.15, 0.2) is 18.2 Å². The van der Waals surface area contributed by atoms with E-state index in [0.29, 0.717) is 16.2 Å². The van der Waals surface area contributed by atoms with Gasteiger partial charge in [0.15, 0.2) is 0 Å². The van der Waals surface area contributed by atoms with Crippen LogP contribution in [-0.4, -0.2) is 58.8 Å². The molecule has 7 heteroatoms. The summed E-state index contributed by atoms with van der Waals surface area (Å²) < 4.78 is 46.9. The average Bonchev–Trinajstić information content (AvgIpc) is 3.13. The summed E-state index contributed by atoms with van der Waals surface area (Å²) in [4.78, 5) is 40.7. The summed E-state index contributed by atoms with van der Waals surface area (Å²) in [6.45, 7) is 5.78. The van der Waals surface area contributed by atoms with Gasteiger partial charge in [-0.3, -0.25) is 24.6 Å². The number of ether oxygens (including phenoxy) is 1. The van der Waals surface area contributed by atoms with Crippen LogP contribution in [0.25, 0.3) is 0 Å². The van der Waals surface area contributed by atoms with E-state index in [2.05, 4.69) is 11.8 Å². The van der Waals surface area contributed by atoms with Gasteiger partial charge in [-0.25, -0.2) is 0 Å². The summed E-state index contributed by atoms with van der Waals surface area (Å²) in [5.74, 6) is -3.11. The molecule has 7 nitrogen and oxygen atoms in total. The maximum atomic E-state index is 13.1. The predicted molar refractivity (Wildman–Crippen MR) is 107 cm³/mol. The molecule has 3 aliphatic rings. The second-order valence-electron chi connectivity index (χ2n) is 7.61. The topological polar surface area (TPSA) is 79.0 Å². The average molecular weight is 405 g/mol. The van der Waals surface area contributed by atoms with Gasteiger partial charge in [-0.2, -0.15) is 0 Å². The van der Waals surface area contributed by atoms with Crippen molar-refractivity contribution in [2.75, 3.05) is 13.1 Å². The smallest absolute Gasteiger partial charge is 0.255 e. The Kier molecular flexibility index (Phi) is 4.09. The molecule has 1 N–H and O–H groups in total. The van der Waals surface area contributed by atoms with Gasteiger partial charge in [0.05, 0.1) is 1.37 Å². The number of likely N-dealkylation sites (N-methyl/N-ethyl adjacent to an activating group) is 1. The van der Waals surface area contributed by atoms with Gasteiger partial charge >= 0.3 is 0 Å². The first-order valence-corrected chi connectivity index (χ1v) is 10.1. The van der Waals surface area contributed by atoms with Gasteiger partial charge in [0.2, 0.25) is 11.8 Å². The molecule has 29 heavy (non-hydrogen) atoms. The van der Waals surface area contributed by atoms with Crippen LogP contribution >= 0.6 is 0 Å². The van der Waals surface area contributed by atoms with Crippen LogP contribution in [0, 0.1) is 0 Å². The van der Waals surface area contributed by atoms with Crippen LogP contribution in [0.2, 0.25) is 0 Å². The van der Waals surface area contributed by atoms with Crippen molar-refractivity contribution < 1.29 is 26.0 Å². The molecule has 1 unspecified atom stereocenters. The van der Waals surface area contributed by atoms with Gasteiger partial charge in [0.1, 0.15) is 17.9 Å². The number of imide groups is 1. The number of piperidine rings is 2. The standard InChI is InChI=1S/C22H29N3O4/c1-3-24-11-5-4-6-18(24)14(2)29-16-7-8-17-15(12-16)13-25(22(17)28)19-9-10-20(26)23-21(19)27/h7-8,12,14,18-19H,3-6,9-11,13H2,1-2H3,(H,23,26,27)/t14-,18-,19?/m1/s1/i9D2,10D2,19D. The van der Waals surface area contributed by atoms with E-state index in [0.717, 1.165) is 32.4 Å². The monoisotopic (exact) mass is 404 g/mol. The Labute approximate surface area is 178 Å². The summed E-state index contributed by atoms with van der Waals surface area (Å²) in [7, 11) is 0. The van der Waals surface area contributed by atoms with Gasteiger partial charge in [0.25, 0.3) is 5.91 Å². The molecule has 1 aromatic rings. The Morgan fingerprint density at radius 1 is 1.34 bits per heavy atom. The molecule has 2 saturated heterocycles. The van der Waals surface area contributed by atoms with Crippen LogP contribution in [-0.2, 0) is 16.1 Å². The van der Waals surface area contributed by atoms with E-state index in [1.807, 2.05) is 6.92 Å². The number of carbonyl (C=O) groups excluding carboxylic acids is 3. The Balaban J connectivity index is 1.59. The lowest BCUT2D eigenvalue weighted by Crippen LogP contribution is -2.52. The molecule has 0 aromatic heterocycles. The van der Waals surface area contributed by atoms with Crippen molar-refractivity contribution in [1.29, 1.82) is 0 Å². The highest BCUT2D eigenvalue weighted by molar-refractivity contribution is 6.05. The fraction of sp³-hybridized carbons (Fsp3) is 0.591. The largest absolute Gasteiger partial charge is 0.489 e. The number of hydrogen-bond donors (Lipinski definition) is 1. The number of nitrogens with zero attached hydrogens (tertiary/aromatic N) is 2. The van der Waals surface area contributed by atoms with E-state index in [-0.39, 0.29) is 24.3 Å². The van der Waals surface area contributed by atoms with Gasteiger partial charge in [-0.1, -0.05) is 13.3 Å². The number of hydrogen-bond acceptors (Lipinski definition) is 5. The third-order valence-electron chi connectivity index (χ3n) is 5.82. The van der Waals surface area contributed by atoms with E-state index in [1.54, 1.807) is 17.4 Å². The zero-order valence-electron chi connectivity index (χ0n) is 21.7. The summed E-state index contributed by atoms with van der Waals surface area (Å²) in [6.07, 6.45) is -3.26. The zero-order chi connectivity index (χ0) is 25.1. The van der Waals surface area contributed by atoms with Crippen LogP contribution < -0.4 is 10.1 Å². The fourth-order valence-corrected chi connectivity index (χ4v) is 4.34. The second-order valence-corrected chi connectivity index (χ2v) is 7.61. The SMILES string of the molecule is [2H]C1([2H])C(=O)NC(=O)C([2H])(N2Cc3cc(O[C@H](C)[C@H]4CCCCN4CC)ccc3C2=O)C1([2H])[2H].